The molecule has 1 aromatic heterocycles. The topological polar surface area (TPSA) is 83.8 Å². The molecule has 88 valence electrons. The van der Waals surface area contributed by atoms with Crippen molar-refractivity contribution < 1.29 is 13.6 Å². The molecular weight excluding hydrogens is 230 g/mol. The van der Waals surface area contributed by atoms with Crippen molar-refractivity contribution in [3.8, 4) is 0 Å². The van der Waals surface area contributed by atoms with E-state index >= 15 is 0 Å². The molecule has 2 rings (SSSR count). The zero-order chi connectivity index (χ0) is 12.4. The van der Waals surface area contributed by atoms with Crippen LogP contribution in [0.4, 0.5) is 20.3 Å². The number of H-pyrrole nitrogens is 1. The maximum atomic E-state index is 13.3. The Kier molecular flexibility index (Phi) is 2.73. The van der Waals surface area contributed by atoms with Gasteiger partial charge >= 0.3 is 0 Å². The summed E-state index contributed by atoms with van der Waals surface area (Å²) in [7, 11) is 0. The number of carbonyl (C=O) groups excluding carboxylic acids is 1. The first-order valence-corrected chi connectivity index (χ1v) is 4.63. The molecule has 1 aromatic carbocycles. The Labute approximate surface area is 94.6 Å². The first kappa shape index (κ1) is 11.1. The molecule has 1 amide bonds. The summed E-state index contributed by atoms with van der Waals surface area (Å²) in [6, 6.07) is 3.02. The molecule has 0 fully saturated rings. The number of hydrogen-bond acceptors (Lipinski definition) is 3. The van der Waals surface area contributed by atoms with E-state index < -0.39 is 17.5 Å². The van der Waals surface area contributed by atoms with Crippen LogP contribution in [0, 0.1) is 11.6 Å². The van der Waals surface area contributed by atoms with Gasteiger partial charge in [-0.1, -0.05) is 0 Å². The van der Waals surface area contributed by atoms with Gasteiger partial charge in [-0.15, -0.1) is 0 Å². The van der Waals surface area contributed by atoms with E-state index in [9.17, 15) is 13.6 Å². The van der Waals surface area contributed by atoms with Gasteiger partial charge in [0.05, 0.1) is 11.9 Å². The summed E-state index contributed by atoms with van der Waals surface area (Å²) in [4.78, 5) is 11.0. The Bertz CT molecular complexity index is 567. The van der Waals surface area contributed by atoms with Crippen LogP contribution in [-0.4, -0.2) is 16.1 Å². The van der Waals surface area contributed by atoms with Crippen LogP contribution in [0.1, 0.15) is 10.4 Å². The number of benzene rings is 1. The van der Waals surface area contributed by atoms with Crippen molar-refractivity contribution in [1.29, 1.82) is 0 Å². The summed E-state index contributed by atoms with van der Waals surface area (Å²) >= 11 is 0. The number of nitrogens with one attached hydrogen (secondary N) is 2. The third-order valence-corrected chi connectivity index (χ3v) is 2.10. The summed E-state index contributed by atoms with van der Waals surface area (Å²) in [5.41, 5.74) is 5.19. The normalized spacial score (nSPS) is 10.2. The second-order valence-electron chi connectivity index (χ2n) is 3.27. The lowest BCUT2D eigenvalue weighted by molar-refractivity contribution is 0.100. The van der Waals surface area contributed by atoms with Crippen LogP contribution in [0.3, 0.4) is 0 Å². The predicted molar refractivity (Wildman–Crippen MR) is 56.7 cm³/mol. The number of nitrogens with zero attached hydrogens (tertiary/aromatic N) is 1. The molecular formula is C10H8F2N4O. The number of nitrogens with two attached hydrogens (primary N) is 1. The minimum atomic E-state index is -0.782. The molecule has 0 aliphatic heterocycles. The van der Waals surface area contributed by atoms with Crippen molar-refractivity contribution >= 4 is 17.4 Å². The van der Waals surface area contributed by atoms with E-state index in [-0.39, 0.29) is 17.1 Å². The van der Waals surface area contributed by atoms with Gasteiger partial charge in [-0.05, 0) is 12.1 Å². The lowest BCUT2D eigenvalue weighted by atomic mass is 10.2. The first-order chi connectivity index (χ1) is 8.08. The van der Waals surface area contributed by atoms with Crippen molar-refractivity contribution in [2.24, 2.45) is 5.73 Å². The van der Waals surface area contributed by atoms with Gasteiger partial charge in [0, 0.05) is 6.07 Å². The van der Waals surface area contributed by atoms with Gasteiger partial charge in [-0.3, -0.25) is 9.89 Å². The fraction of sp³-hybridized carbons (Fsp3) is 0. The van der Waals surface area contributed by atoms with Crippen LogP contribution in [0.2, 0.25) is 0 Å². The number of primary amides is 1. The third-order valence-electron chi connectivity index (χ3n) is 2.10. The van der Waals surface area contributed by atoms with Gasteiger partial charge in [-0.25, -0.2) is 8.78 Å². The largest absolute Gasteiger partial charge is 0.365 e. The van der Waals surface area contributed by atoms with Gasteiger partial charge in [0.1, 0.15) is 23.0 Å². The molecule has 2 aromatic rings. The maximum Gasteiger partial charge on any atom is 0.254 e. The van der Waals surface area contributed by atoms with Crippen LogP contribution in [-0.2, 0) is 0 Å². The summed E-state index contributed by atoms with van der Waals surface area (Å²) in [5, 5.41) is 8.63. The molecule has 7 heteroatoms. The molecule has 0 bridgehead atoms. The van der Waals surface area contributed by atoms with E-state index in [2.05, 4.69) is 15.5 Å². The maximum absolute atomic E-state index is 13.3. The van der Waals surface area contributed by atoms with E-state index in [4.69, 9.17) is 5.73 Å². The highest BCUT2D eigenvalue weighted by molar-refractivity contribution is 5.98. The number of aromatic nitrogens is 2. The van der Waals surface area contributed by atoms with Crippen LogP contribution >= 0.6 is 0 Å². The smallest absolute Gasteiger partial charge is 0.254 e. The molecule has 0 saturated heterocycles. The molecule has 1 heterocycles. The number of anilines is 2. The first-order valence-electron chi connectivity index (χ1n) is 4.63. The van der Waals surface area contributed by atoms with Gasteiger partial charge in [0.25, 0.3) is 5.91 Å². The fourth-order valence-electron chi connectivity index (χ4n) is 1.29. The number of aromatic amines is 1. The standard InChI is InChI=1S/C10H8F2N4O/c11-5-1-2-8(7(12)3-5)15-10-6(9(13)17)4-14-16-10/h1-4H,(H2,13,17)(H2,14,15,16). The minimum Gasteiger partial charge on any atom is -0.365 e. The number of carbonyl (C=O) groups is 1. The highest BCUT2D eigenvalue weighted by atomic mass is 19.1. The van der Waals surface area contributed by atoms with Crippen LogP contribution in [0.5, 0.6) is 0 Å². The molecule has 0 saturated carbocycles. The van der Waals surface area contributed by atoms with Crippen molar-refractivity contribution in [1.82, 2.24) is 10.2 Å². The monoisotopic (exact) mass is 238 g/mol. The SMILES string of the molecule is NC(=O)c1cn[nH]c1Nc1ccc(F)cc1F. The summed E-state index contributed by atoms with van der Waals surface area (Å²) < 4.78 is 26.0. The second kappa shape index (κ2) is 4.20. The van der Waals surface area contributed by atoms with Crippen molar-refractivity contribution in [2.45, 2.75) is 0 Å². The molecule has 0 aliphatic carbocycles. The summed E-state index contributed by atoms with van der Waals surface area (Å²) in [6.45, 7) is 0. The molecule has 5 nitrogen and oxygen atoms in total. The van der Waals surface area contributed by atoms with E-state index in [1.54, 1.807) is 0 Å². The van der Waals surface area contributed by atoms with E-state index in [1.807, 2.05) is 0 Å². The lowest BCUT2D eigenvalue weighted by Gasteiger charge is -2.06. The van der Waals surface area contributed by atoms with Crippen molar-refractivity contribution in [2.75, 3.05) is 5.32 Å². The molecule has 17 heavy (non-hydrogen) atoms. The Hall–Kier alpha value is -2.44. The zero-order valence-corrected chi connectivity index (χ0v) is 8.50. The average molecular weight is 238 g/mol. The number of amides is 1. The summed E-state index contributed by atoms with van der Waals surface area (Å²) in [5.74, 6) is -2.02. The molecule has 0 radical (unpaired) electrons. The van der Waals surface area contributed by atoms with E-state index in [0.29, 0.717) is 0 Å². The highest BCUT2D eigenvalue weighted by Crippen LogP contribution is 2.21. The quantitative estimate of drug-likeness (QED) is 0.758. The average Bonchev–Trinajstić information content (AvgIpc) is 2.70. The molecule has 0 aliphatic rings. The number of hydrogen-bond donors (Lipinski definition) is 3. The third kappa shape index (κ3) is 2.22. The van der Waals surface area contributed by atoms with Crippen molar-refractivity contribution in [3.05, 3.63) is 41.6 Å². The van der Waals surface area contributed by atoms with Gasteiger partial charge < -0.3 is 11.1 Å². The van der Waals surface area contributed by atoms with Gasteiger partial charge in [0.15, 0.2) is 0 Å². The number of rotatable bonds is 3. The van der Waals surface area contributed by atoms with Gasteiger partial charge in [-0.2, -0.15) is 5.10 Å². The Morgan fingerprint density at radius 2 is 2.18 bits per heavy atom. The van der Waals surface area contributed by atoms with Crippen LogP contribution in [0.25, 0.3) is 0 Å². The molecule has 0 unspecified atom stereocenters. The Morgan fingerprint density at radius 1 is 1.41 bits per heavy atom. The van der Waals surface area contributed by atoms with E-state index in [1.165, 1.54) is 12.3 Å². The second-order valence-corrected chi connectivity index (χ2v) is 3.27. The molecule has 4 N–H and O–H groups in total. The molecule has 0 spiro atoms. The van der Waals surface area contributed by atoms with Crippen LogP contribution in [0.15, 0.2) is 24.4 Å². The lowest BCUT2D eigenvalue weighted by Crippen LogP contribution is -2.12. The highest BCUT2D eigenvalue weighted by Gasteiger charge is 2.12. The fourth-order valence-corrected chi connectivity index (χ4v) is 1.29. The minimum absolute atomic E-state index is 0.0122. The zero-order valence-electron chi connectivity index (χ0n) is 8.50. The molecule has 0 atom stereocenters. The number of halogens is 2. The van der Waals surface area contributed by atoms with Crippen molar-refractivity contribution in [3.63, 3.8) is 0 Å². The Balaban J connectivity index is 2.31. The Morgan fingerprint density at radius 3 is 2.82 bits per heavy atom. The van der Waals surface area contributed by atoms with E-state index in [0.717, 1.165) is 12.1 Å². The predicted octanol–water partition coefficient (Wildman–Crippen LogP) is 1.53. The van der Waals surface area contributed by atoms with Crippen LogP contribution < -0.4 is 11.1 Å². The summed E-state index contributed by atoms with van der Waals surface area (Å²) in [6.07, 6.45) is 1.21. The van der Waals surface area contributed by atoms with Gasteiger partial charge in [0.2, 0.25) is 0 Å².